The molecule has 2 aromatic carbocycles. The summed E-state index contributed by atoms with van der Waals surface area (Å²) in [5.41, 5.74) is 1.61. The SMILES string of the molecule is N#C/C(=C/c1ccc(-c2ccc([N+](=O)[O-])cc2Br)o1)c1ccc(Cl)c(Cl)c1. The molecular weight excluding hydrogens is 455 g/mol. The van der Waals surface area contributed by atoms with Crippen LogP contribution >= 0.6 is 39.1 Å². The molecule has 0 fully saturated rings. The second-order valence-electron chi connectivity index (χ2n) is 5.42. The van der Waals surface area contributed by atoms with Crippen LogP contribution in [0, 0.1) is 21.4 Å². The average molecular weight is 464 g/mol. The van der Waals surface area contributed by atoms with Crippen LogP contribution in [0.3, 0.4) is 0 Å². The van der Waals surface area contributed by atoms with E-state index >= 15 is 0 Å². The van der Waals surface area contributed by atoms with Gasteiger partial charge in [0.05, 0.1) is 26.6 Å². The summed E-state index contributed by atoms with van der Waals surface area (Å²) in [7, 11) is 0. The lowest BCUT2D eigenvalue weighted by atomic mass is 10.1. The zero-order chi connectivity index (χ0) is 19.6. The minimum Gasteiger partial charge on any atom is -0.457 e. The number of benzene rings is 2. The van der Waals surface area contributed by atoms with Crippen molar-refractivity contribution in [2.75, 3.05) is 0 Å². The first-order chi connectivity index (χ1) is 12.9. The summed E-state index contributed by atoms with van der Waals surface area (Å²) in [6.07, 6.45) is 1.59. The van der Waals surface area contributed by atoms with Crippen molar-refractivity contribution in [1.29, 1.82) is 5.26 Å². The number of hydrogen-bond acceptors (Lipinski definition) is 4. The summed E-state index contributed by atoms with van der Waals surface area (Å²) in [5.74, 6) is 0.965. The van der Waals surface area contributed by atoms with E-state index in [1.54, 1.807) is 42.5 Å². The third kappa shape index (κ3) is 4.22. The molecule has 0 amide bonds. The summed E-state index contributed by atoms with van der Waals surface area (Å²) in [5, 5.41) is 21.0. The van der Waals surface area contributed by atoms with Gasteiger partial charge in [0.15, 0.2) is 0 Å². The Labute approximate surface area is 172 Å². The quantitative estimate of drug-likeness (QED) is 0.237. The first-order valence-corrected chi connectivity index (χ1v) is 9.05. The van der Waals surface area contributed by atoms with Crippen molar-refractivity contribution in [2.45, 2.75) is 0 Å². The first kappa shape index (κ1) is 19.2. The van der Waals surface area contributed by atoms with Crippen LogP contribution in [0.4, 0.5) is 5.69 Å². The summed E-state index contributed by atoms with van der Waals surface area (Å²) < 4.78 is 6.31. The summed E-state index contributed by atoms with van der Waals surface area (Å²) in [6.45, 7) is 0. The van der Waals surface area contributed by atoms with Crippen LogP contribution < -0.4 is 0 Å². The molecule has 5 nitrogen and oxygen atoms in total. The fraction of sp³-hybridized carbons (Fsp3) is 0. The Morgan fingerprint density at radius 1 is 1.15 bits per heavy atom. The van der Waals surface area contributed by atoms with E-state index in [1.165, 1.54) is 12.1 Å². The molecule has 0 radical (unpaired) electrons. The molecule has 0 N–H and O–H groups in total. The lowest BCUT2D eigenvalue weighted by Gasteiger charge is -2.02. The monoisotopic (exact) mass is 462 g/mol. The van der Waals surface area contributed by atoms with Crippen molar-refractivity contribution in [3.8, 4) is 17.4 Å². The van der Waals surface area contributed by atoms with Gasteiger partial charge in [0, 0.05) is 22.2 Å². The molecule has 0 saturated carbocycles. The maximum absolute atomic E-state index is 10.8. The lowest BCUT2D eigenvalue weighted by molar-refractivity contribution is -0.384. The molecule has 0 saturated heterocycles. The molecule has 1 aromatic heterocycles. The van der Waals surface area contributed by atoms with E-state index in [0.29, 0.717) is 42.7 Å². The van der Waals surface area contributed by atoms with E-state index in [-0.39, 0.29) is 5.69 Å². The zero-order valence-electron chi connectivity index (χ0n) is 13.4. The van der Waals surface area contributed by atoms with Gasteiger partial charge in [-0.25, -0.2) is 0 Å². The maximum Gasteiger partial charge on any atom is 0.270 e. The van der Waals surface area contributed by atoms with E-state index in [9.17, 15) is 15.4 Å². The molecule has 27 heavy (non-hydrogen) atoms. The van der Waals surface area contributed by atoms with Gasteiger partial charge in [-0.2, -0.15) is 5.26 Å². The van der Waals surface area contributed by atoms with Crippen molar-refractivity contribution in [3.63, 3.8) is 0 Å². The fourth-order valence-electron chi connectivity index (χ4n) is 2.38. The van der Waals surface area contributed by atoms with E-state index in [1.807, 2.05) is 0 Å². The topological polar surface area (TPSA) is 80.1 Å². The largest absolute Gasteiger partial charge is 0.457 e. The number of nitro benzene ring substituents is 1. The molecule has 0 atom stereocenters. The molecule has 0 bridgehead atoms. The van der Waals surface area contributed by atoms with E-state index in [4.69, 9.17) is 27.6 Å². The molecule has 8 heteroatoms. The summed E-state index contributed by atoms with van der Waals surface area (Å²) >= 11 is 15.2. The van der Waals surface area contributed by atoms with Crippen LogP contribution in [0.5, 0.6) is 0 Å². The first-order valence-electron chi connectivity index (χ1n) is 7.50. The number of rotatable bonds is 4. The van der Waals surface area contributed by atoms with Gasteiger partial charge in [0.1, 0.15) is 11.5 Å². The second kappa shape index (κ2) is 7.97. The van der Waals surface area contributed by atoms with Gasteiger partial charge >= 0.3 is 0 Å². The molecular formula is C19H9BrCl2N2O3. The minimum atomic E-state index is -0.471. The molecule has 134 valence electrons. The Morgan fingerprint density at radius 2 is 1.93 bits per heavy atom. The van der Waals surface area contributed by atoms with Crippen molar-refractivity contribution < 1.29 is 9.34 Å². The van der Waals surface area contributed by atoms with Gasteiger partial charge < -0.3 is 4.42 Å². The molecule has 0 aliphatic heterocycles. The van der Waals surface area contributed by atoms with Crippen molar-refractivity contribution in [1.82, 2.24) is 0 Å². The highest BCUT2D eigenvalue weighted by atomic mass is 79.9. The number of non-ortho nitro benzene ring substituents is 1. The molecule has 3 aromatic rings. The number of nitro groups is 1. The number of furan rings is 1. The molecule has 3 rings (SSSR count). The number of halogens is 3. The normalized spacial score (nSPS) is 11.3. The average Bonchev–Trinajstić information content (AvgIpc) is 3.10. The van der Waals surface area contributed by atoms with Gasteiger partial charge in [-0.05, 0) is 57.9 Å². The third-order valence-electron chi connectivity index (χ3n) is 3.69. The van der Waals surface area contributed by atoms with Gasteiger partial charge in [-0.1, -0.05) is 29.3 Å². The Kier molecular flexibility index (Phi) is 5.66. The Balaban J connectivity index is 1.95. The third-order valence-corrected chi connectivity index (χ3v) is 5.09. The van der Waals surface area contributed by atoms with Gasteiger partial charge in [0.2, 0.25) is 0 Å². The number of nitriles is 1. The van der Waals surface area contributed by atoms with Crippen LogP contribution in [-0.4, -0.2) is 4.92 Å². The zero-order valence-corrected chi connectivity index (χ0v) is 16.5. The molecule has 0 aliphatic carbocycles. The Bertz CT molecular complexity index is 1120. The highest BCUT2D eigenvalue weighted by Gasteiger charge is 2.13. The summed E-state index contributed by atoms with van der Waals surface area (Å²) in [4.78, 5) is 10.4. The Hall–Kier alpha value is -2.59. The lowest BCUT2D eigenvalue weighted by Crippen LogP contribution is -1.88. The smallest absolute Gasteiger partial charge is 0.270 e. The van der Waals surface area contributed by atoms with Crippen LogP contribution in [0.15, 0.2) is 57.4 Å². The highest BCUT2D eigenvalue weighted by Crippen LogP contribution is 2.33. The highest BCUT2D eigenvalue weighted by molar-refractivity contribution is 9.10. The second-order valence-corrected chi connectivity index (χ2v) is 7.09. The molecule has 0 unspecified atom stereocenters. The molecule has 0 spiro atoms. The fourth-order valence-corrected chi connectivity index (χ4v) is 3.24. The predicted molar refractivity (Wildman–Crippen MR) is 108 cm³/mol. The van der Waals surface area contributed by atoms with Crippen molar-refractivity contribution in [2.24, 2.45) is 0 Å². The number of allylic oxidation sites excluding steroid dienone is 1. The van der Waals surface area contributed by atoms with Crippen LogP contribution in [0.2, 0.25) is 10.0 Å². The van der Waals surface area contributed by atoms with Gasteiger partial charge in [-0.15, -0.1) is 0 Å². The van der Waals surface area contributed by atoms with Crippen molar-refractivity contribution in [3.05, 3.63) is 84.5 Å². The molecule has 1 heterocycles. The van der Waals surface area contributed by atoms with E-state index in [2.05, 4.69) is 22.0 Å². The Morgan fingerprint density at radius 3 is 2.56 bits per heavy atom. The van der Waals surface area contributed by atoms with Gasteiger partial charge in [-0.3, -0.25) is 10.1 Å². The minimum absolute atomic E-state index is 0.0244. The number of nitrogens with zero attached hydrogens (tertiary/aromatic N) is 2. The predicted octanol–water partition coefficient (Wildman–Crippen LogP) is 6.99. The van der Waals surface area contributed by atoms with Crippen LogP contribution in [0.1, 0.15) is 11.3 Å². The van der Waals surface area contributed by atoms with Crippen LogP contribution in [0.25, 0.3) is 23.0 Å². The number of hydrogen-bond donors (Lipinski definition) is 0. The van der Waals surface area contributed by atoms with Gasteiger partial charge in [0.25, 0.3) is 5.69 Å². The summed E-state index contributed by atoms with van der Waals surface area (Å²) in [6, 6.07) is 14.9. The van der Waals surface area contributed by atoms with E-state index < -0.39 is 4.92 Å². The van der Waals surface area contributed by atoms with Crippen molar-refractivity contribution >= 4 is 56.5 Å². The standard InChI is InChI=1S/C19H9BrCl2N2O3/c20-16-9-13(24(25)26)2-4-15(16)19-6-3-14(27-19)7-12(10-23)11-1-5-17(21)18(22)8-11/h1-9H/b12-7-. The van der Waals surface area contributed by atoms with Crippen LogP contribution in [-0.2, 0) is 0 Å². The maximum atomic E-state index is 10.8. The molecule has 0 aliphatic rings. The van der Waals surface area contributed by atoms with E-state index in [0.717, 1.165) is 0 Å².